The smallest absolute Gasteiger partial charge is 0.381 e. The van der Waals surface area contributed by atoms with E-state index in [9.17, 15) is 22.8 Å². The molecular weight excluding hydrogens is 523 g/mol. The first-order valence-electron chi connectivity index (χ1n) is 13.3. The molecule has 0 bridgehead atoms. The highest BCUT2D eigenvalue weighted by atomic mass is 19.4. The van der Waals surface area contributed by atoms with Gasteiger partial charge in [0.2, 0.25) is 11.9 Å². The molecule has 1 saturated carbocycles. The standard InChI is InChI=1S/C29H28F3N5O3/c1-17-5-6-22(34-25(38)18-3-2-4-20(13-18)29(30,31)32)14-23(17)37-16-19-15-33-27(35-21-7-11-40-12-8-21)36-24(19)28(9-10-28)26(37)39/h2-6,13-15,21H,7-12,16H2,1H3,(H,34,38)(H,33,35,36). The quantitative estimate of drug-likeness (QED) is 0.451. The molecule has 208 valence electrons. The SMILES string of the molecule is Cc1ccc(NC(=O)c2cccc(C(F)(F)F)c2)cc1N1Cc2cnc(NC3CCOCC3)nc2C2(CC2)C1=O. The highest BCUT2D eigenvalue weighted by Crippen LogP contribution is 2.53. The van der Waals surface area contributed by atoms with E-state index in [4.69, 9.17) is 9.72 Å². The molecule has 3 aromatic rings. The number of aryl methyl sites for hydroxylation is 1. The van der Waals surface area contributed by atoms with E-state index < -0.39 is 23.1 Å². The van der Waals surface area contributed by atoms with Crippen LogP contribution in [0.25, 0.3) is 0 Å². The number of carbonyl (C=O) groups excluding carboxylic acids is 2. The lowest BCUT2D eigenvalue weighted by Crippen LogP contribution is -2.45. The zero-order valence-corrected chi connectivity index (χ0v) is 21.8. The zero-order valence-electron chi connectivity index (χ0n) is 21.8. The van der Waals surface area contributed by atoms with Gasteiger partial charge in [-0.25, -0.2) is 9.97 Å². The summed E-state index contributed by atoms with van der Waals surface area (Å²) in [5.41, 5.74) is 1.74. The number of hydrogen-bond acceptors (Lipinski definition) is 6. The molecule has 2 amide bonds. The summed E-state index contributed by atoms with van der Waals surface area (Å²) in [6.07, 6.45) is 0.346. The van der Waals surface area contributed by atoms with E-state index in [-0.39, 0.29) is 24.1 Å². The summed E-state index contributed by atoms with van der Waals surface area (Å²) in [6, 6.07) is 9.61. The Balaban J connectivity index is 1.25. The van der Waals surface area contributed by atoms with Gasteiger partial charge in [-0.3, -0.25) is 9.59 Å². The Kier molecular flexibility index (Phi) is 6.48. The van der Waals surface area contributed by atoms with Crippen LogP contribution in [0.2, 0.25) is 0 Å². The summed E-state index contributed by atoms with van der Waals surface area (Å²) in [4.78, 5) is 37.7. The lowest BCUT2D eigenvalue weighted by atomic mass is 9.91. The molecule has 2 aromatic carbocycles. The van der Waals surface area contributed by atoms with E-state index in [0.29, 0.717) is 43.4 Å². The number of alkyl halides is 3. The van der Waals surface area contributed by atoms with Crippen LogP contribution in [0, 0.1) is 6.92 Å². The van der Waals surface area contributed by atoms with Gasteiger partial charge < -0.3 is 20.3 Å². The number of nitrogens with zero attached hydrogens (tertiary/aromatic N) is 3. The van der Waals surface area contributed by atoms with Crippen molar-refractivity contribution in [1.29, 1.82) is 0 Å². The first-order chi connectivity index (χ1) is 19.1. The molecule has 1 spiro atoms. The first-order valence-corrected chi connectivity index (χ1v) is 13.3. The van der Waals surface area contributed by atoms with E-state index >= 15 is 0 Å². The number of aromatic nitrogens is 2. The third-order valence-corrected chi connectivity index (χ3v) is 7.82. The summed E-state index contributed by atoms with van der Waals surface area (Å²) < 4.78 is 44.8. The second kappa shape index (κ2) is 9.88. The molecule has 3 heterocycles. The van der Waals surface area contributed by atoms with Crippen molar-refractivity contribution < 1.29 is 27.5 Å². The predicted octanol–water partition coefficient (Wildman–Crippen LogP) is 5.23. The van der Waals surface area contributed by atoms with Gasteiger partial charge in [0, 0.05) is 48.0 Å². The van der Waals surface area contributed by atoms with Crippen molar-refractivity contribution >= 4 is 29.1 Å². The highest BCUT2D eigenvalue weighted by molar-refractivity contribution is 6.07. The van der Waals surface area contributed by atoms with Crippen LogP contribution in [0.1, 0.15) is 58.4 Å². The topological polar surface area (TPSA) is 96.5 Å². The number of benzene rings is 2. The molecule has 6 rings (SSSR count). The van der Waals surface area contributed by atoms with Gasteiger partial charge in [0.05, 0.1) is 23.2 Å². The lowest BCUT2D eigenvalue weighted by molar-refractivity contribution is -0.137. The molecule has 2 N–H and O–H groups in total. The van der Waals surface area contributed by atoms with Gasteiger partial charge in [0.25, 0.3) is 5.91 Å². The van der Waals surface area contributed by atoms with Gasteiger partial charge in [0.15, 0.2) is 0 Å². The summed E-state index contributed by atoms with van der Waals surface area (Å²) in [6.45, 7) is 3.53. The number of anilines is 3. The molecule has 2 aliphatic heterocycles. The molecular formula is C29H28F3N5O3. The fourth-order valence-electron chi connectivity index (χ4n) is 5.42. The van der Waals surface area contributed by atoms with Crippen LogP contribution in [0.15, 0.2) is 48.7 Å². The summed E-state index contributed by atoms with van der Waals surface area (Å²) in [5, 5.41) is 6.06. The van der Waals surface area contributed by atoms with E-state index in [1.165, 1.54) is 12.1 Å². The third kappa shape index (κ3) is 4.90. The van der Waals surface area contributed by atoms with E-state index in [0.717, 1.165) is 41.8 Å². The highest BCUT2D eigenvalue weighted by Gasteiger charge is 2.58. The maximum Gasteiger partial charge on any atom is 0.416 e. The Labute approximate surface area is 229 Å². The maximum atomic E-state index is 13.8. The molecule has 11 heteroatoms. The first kappa shape index (κ1) is 26.2. The molecule has 3 aliphatic rings. The van der Waals surface area contributed by atoms with Crippen molar-refractivity contribution in [3.8, 4) is 0 Å². The Morgan fingerprint density at radius 2 is 1.90 bits per heavy atom. The van der Waals surface area contributed by atoms with Crippen LogP contribution in [0.4, 0.5) is 30.5 Å². The zero-order chi connectivity index (χ0) is 28.1. The normalized spacial score (nSPS) is 18.4. The minimum atomic E-state index is -4.55. The van der Waals surface area contributed by atoms with E-state index in [2.05, 4.69) is 15.6 Å². The number of amides is 2. The number of carbonyl (C=O) groups is 2. The molecule has 8 nitrogen and oxygen atoms in total. The molecule has 0 atom stereocenters. The predicted molar refractivity (Wildman–Crippen MR) is 142 cm³/mol. The third-order valence-electron chi connectivity index (χ3n) is 7.82. The summed E-state index contributed by atoms with van der Waals surface area (Å²) in [7, 11) is 0. The largest absolute Gasteiger partial charge is 0.416 e. The van der Waals surface area contributed by atoms with Crippen LogP contribution >= 0.6 is 0 Å². The fraction of sp³-hybridized carbons (Fsp3) is 0.379. The molecule has 1 aromatic heterocycles. The number of halogens is 3. The number of hydrogen-bond donors (Lipinski definition) is 2. The van der Waals surface area contributed by atoms with Crippen LogP contribution in [0.5, 0.6) is 0 Å². The fourth-order valence-corrected chi connectivity index (χ4v) is 5.42. The Morgan fingerprint density at radius 3 is 2.62 bits per heavy atom. The summed E-state index contributed by atoms with van der Waals surface area (Å²) in [5.74, 6) is -0.207. The monoisotopic (exact) mass is 551 g/mol. The molecule has 1 saturated heterocycles. The lowest BCUT2D eigenvalue weighted by Gasteiger charge is -2.35. The average molecular weight is 552 g/mol. The average Bonchev–Trinajstić information content (AvgIpc) is 3.74. The number of rotatable bonds is 5. The molecule has 1 aliphatic carbocycles. The van der Waals surface area contributed by atoms with Crippen LogP contribution in [-0.4, -0.2) is 41.0 Å². The Hall–Kier alpha value is -3.99. The van der Waals surface area contributed by atoms with Gasteiger partial charge in [-0.05, 0) is 68.5 Å². The van der Waals surface area contributed by atoms with Gasteiger partial charge in [-0.2, -0.15) is 13.2 Å². The minimum absolute atomic E-state index is 0.0554. The van der Waals surface area contributed by atoms with Crippen molar-refractivity contribution in [2.45, 2.75) is 56.8 Å². The van der Waals surface area contributed by atoms with Crippen molar-refractivity contribution in [2.24, 2.45) is 0 Å². The van der Waals surface area contributed by atoms with Crippen LogP contribution < -0.4 is 15.5 Å². The van der Waals surface area contributed by atoms with Gasteiger partial charge in [-0.1, -0.05) is 12.1 Å². The maximum absolute atomic E-state index is 13.8. The van der Waals surface area contributed by atoms with Crippen LogP contribution in [0.3, 0.4) is 0 Å². The second-order valence-corrected chi connectivity index (χ2v) is 10.6. The Morgan fingerprint density at radius 1 is 1.12 bits per heavy atom. The Bertz CT molecular complexity index is 1480. The second-order valence-electron chi connectivity index (χ2n) is 10.6. The number of nitrogens with one attached hydrogen (secondary N) is 2. The number of ether oxygens (including phenoxy) is 1. The van der Waals surface area contributed by atoms with Crippen molar-refractivity contribution in [1.82, 2.24) is 9.97 Å². The van der Waals surface area contributed by atoms with Gasteiger partial charge in [0.1, 0.15) is 0 Å². The van der Waals surface area contributed by atoms with Gasteiger partial charge in [-0.15, -0.1) is 0 Å². The van der Waals surface area contributed by atoms with E-state index in [1.54, 1.807) is 29.3 Å². The van der Waals surface area contributed by atoms with Crippen molar-refractivity contribution in [3.63, 3.8) is 0 Å². The molecule has 2 fully saturated rings. The summed E-state index contributed by atoms with van der Waals surface area (Å²) >= 11 is 0. The van der Waals surface area contributed by atoms with Crippen molar-refractivity contribution in [2.75, 3.05) is 28.7 Å². The van der Waals surface area contributed by atoms with E-state index in [1.807, 2.05) is 6.92 Å². The molecule has 40 heavy (non-hydrogen) atoms. The molecule has 0 unspecified atom stereocenters. The van der Waals surface area contributed by atoms with Crippen molar-refractivity contribution in [3.05, 3.63) is 76.6 Å². The number of fused-ring (bicyclic) bond motifs is 2. The molecule has 0 radical (unpaired) electrons. The minimum Gasteiger partial charge on any atom is -0.381 e. The van der Waals surface area contributed by atoms with Crippen LogP contribution in [-0.2, 0) is 27.7 Å². The van der Waals surface area contributed by atoms with Gasteiger partial charge >= 0.3 is 6.18 Å².